The topological polar surface area (TPSA) is 113 Å². The van der Waals surface area contributed by atoms with Crippen LogP contribution in [0.15, 0.2) is 22.7 Å². The number of aromatic nitrogens is 1. The van der Waals surface area contributed by atoms with Crippen LogP contribution in [0.25, 0.3) is 11.0 Å². The molecule has 2 N–H and O–H groups in total. The first-order chi connectivity index (χ1) is 10.5. The molecular formula is C13H11ClN2O6. The van der Waals surface area contributed by atoms with Gasteiger partial charge < -0.3 is 19.5 Å². The van der Waals surface area contributed by atoms with Crippen molar-refractivity contribution in [2.45, 2.75) is 18.6 Å². The Bertz CT molecular complexity index is 723. The normalized spacial score (nSPS) is 21.2. The molecule has 8 nitrogen and oxygen atoms in total. The lowest BCUT2D eigenvalue weighted by Crippen LogP contribution is -2.39. The molecule has 2 atom stereocenters. The van der Waals surface area contributed by atoms with Crippen LogP contribution in [0.3, 0.4) is 0 Å². The number of nitrogens with zero attached hydrogens (tertiary/aromatic N) is 2. The molecule has 9 heteroatoms. The highest BCUT2D eigenvalue weighted by atomic mass is 35.5. The van der Waals surface area contributed by atoms with Crippen molar-refractivity contribution in [3.63, 3.8) is 0 Å². The molecule has 1 aromatic carbocycles. The van der Waals surface area contributed by atoms with Crippen molar-refractivity contribution in [1.82, 2.24) is 10.1 Å². The predicted molar refractivity (Wildman–Crippen MR) is 74.2 cm³/mol. The number of benzene rings is 1. The van der Waals surface area contributed by atoms with Gasteiger partial charge >= 0.3 is 12.1 Å². The van der Waals surface area contributed by atoms with E-state index in [-0.39, 0.29) is 18.8 Å². The molecule has 0 spiro atoms. The van der Waals surface area contributed by atoms with Gasteiger partial charge in [-0.05, 0) is 17.3 Å². The molecule has 1 aromatic heterocycles. The number of likely N-dealkylation sites (tertiary alicyclic amines) is 1. The maximum absolute atomic E-state index is 11.1. The Kier molecular flexibility index (Phi) is 3.53. The molecule has 22 heavy (non-hydrogen) atoms. The summed E-state index contributed by atoms with van der Waals surface area (Å²) in [4.78, 5) is 23.0. The SMILES string of the molecule is O=C(O)[C@@H]1C[C@@H](Oc2noc3cc(Cl)ccc23)CN1C(=O)O. The molecule has 116 valence electrons. The van der Waals surface area contributed by atoms with Crippen LogP contribution in [-0.2, 0) is 4.79 Å². The van der Waals surface area contributed by atoms with Gasteiger partial charge in [-0.1, -0.05) is 11.6 Å². The Morgan fingerprint density at radius 1 is 1.41 bits per heavy atom. The van der Waals surface area contributed by atoms with Crippen LogP contribution < -0.4 is 4.74 Å². The summed E-state index contributed by atoms with van der Waals surface area (Å²) >= 11 is 5.84. The minimum absolute atomic E-state index is 0.0452. The zero-order valence-electron chi connectivity index (χ0n) is 11.1. The van der Waals surface area contributed by atoms with E-state index in [1.807, 2.05) is 0 Å². The summed E-state index contributed by atoms with van der Waals surface area (Å²) in [6.45, 7) is -0.0474. The second-order valence-electron chi connectivity index (χ2n) is 4.89. The number of halogens is 1. The average molecular weight is 327 g/mol. The van der Waals surface area contributed by atoms with E-state index in [1.165, 1.54) is 0 Å². The van der Waals surface area contributed by atoms with Gasteiger partial charge in [-0.25, -0.2) is 9.59 Å². The third kappa shape index (κ3) is 2.52. The van der Waals surface area contributed by atoms with Crippen LogP contribution in [0.4, 0.5) is 4.79 Å². The molecule has 1 fully saturated rings. The first-order valence-electron chi connectivity index (χ1n) is 6.39. The Hall–Kier alpha value is -2.48. The molecule has 1 aliphatic heterocycles. The summed E-state index contributed by atoms with van der Waals surface area (Å²) in [5.41, 5.74) is 0.436. The van der Waals surface area contributed by atoms with E-state index in [2.05, 4.69) is 5.16 Å². The number of hydrogen-bond donors (Lipinski definition) is 2. The van der Waals surface area contributed by atoms with Gasteiger partial charge in [0.2, 0.25) is 0 Å². The minimum atomic E-state index is -1.30. The number of amides is 1. The molecule has 1 saturated heterocycles. The smallest absolute Gasteiger partial charge is 0.408 e. The van der Waals surface area contributed by atoms with E-state index >= 15 is 0 Å². The van der Waals surface area contributed by atoms with E-state index < -0.39 is 24.2 Å². The Morgan fingerprint density at radius 2 is 2.18 bits per heavy atom. The lowest BCUT2D eigenvalue weighted by Gasteiger charge is -2.16. The van der Waals surface area contributed by atoms with Crippen LogP contribution in [0, 0.1) is 0 Å². The molecule has 1 amide bonds. The van der Waals surface area contributed by atoms with Gasteiger partial charge in [0.05, 0.1) is 11.9 Å². The number of ether oxygens (including phenoxy) is 1. The van der Waals surface area contributed by atoms with Crippen LogP contribution in [-0.4, -0.2) is 51.0 Å². The van der Waals surface area contributed by atoms with E-state index in [4.69, 9.17) is 31.1 Å². The van der Waals surface area contributed by atoms with E-state index in [9.17, 15) is 9.59 Å². The highest BCUT2D eigenvalue weighted by Gasteiger charge is 2.41. The zero-order chi connectivity index (χ0) is 15.9. The minimum Gasteiger partial charge on any atom is -0.480 e. The van der Waals surface area contributed by atoms with E-state index in [0.29, 0.717) is 16.0 Å². The van der Waals surface area contributed by atoms with Crippen molar-refractivity contribution in [2.75, 3.05) is 6.54 Å². The molecule has 0 unspecified atom stereocenters. The molecule has 2 aromatic rings. The highest BCUT2D eigenvalue weighted by Crippen LogP contribution is 2.30. The number of aliphatic carboxylic acids is 1. The summed E-state index contributed by atoms with van der Waals surface area (Å²) in [6, 6.07) is 3.76. The van der Waals surface area contributed by atoms with Crippen molar-refractivity contribution in [1.29, 1.82) is 0 Å². The maximum Gasteiger partial charge on any atom is 0.408 e. The summed E-state index contributed by atoms with van der Waals surface area (Å²) in [7, 11) is 0. The standard InChI is InChI=1S/C13H11ClN2O6/c14-6-1-2-8-10(3-6)22-15-11(8)21-7-4-9(12(17)18)16(5-7)13(19)20/h1-3,7,9H,4-5H2,(H,17,18)(H,19,20)/t7-,9+/m1/s1. The van der Waals surface area contributed by atoms with Crippen molar-refractivity contribution in [3.8, 4) is 5.88 Å². The number of fused-ring (bicyclic) bond motifs is 1. The molecular weight excluding hydrogens is 316 g/mol. The molecule has 1 aliphatic rings. The van der Waals surface area contributed by atoms with Crippen LogP contribution in [0.2, 0.25) is 5.02 Å². The third-order valence-corrected chi connectivity index (χ3v) is 3.71. The summed E-state index contributed by atoms with van der Waals surface area (Å²) in [6.07, 6.45) is -1.86. The predicted octanol–water partition coefficient (Wildman–Crippen LogP) is 2.07. The number of carboxylic acids is 1. The van der Waals surface area contributed by atoms with Gasteiger partial charge in [-0.15, -0.1) is 0 Å². The molecule has 0 saturated carbocycles. The average Bonchev–Trinajstić information content (AvgIpc) is 3.04. The van der Waals surface area contributed by atoms with Crippen molar-refractivity contribution >= 4 is 34.6 Å². The van der Waals surface area contributed by atoms with Crippen LogP contribution in [0.1, 0.15) is 6.42 Å². The van der Waals surface area contributed by atoms with Crippen molar-refractivity contribution in [2.24, 2.45) is 0 Å². The van der Waals surface area contributed by atoms with Gasteiger partial charge in [0.1, 0.15) is 12.1 Å². The fourth-order valence-corrected chi connectivity index (χ4v) is 2.62. The third-order valence-electron chi connectivity index (χ3n) is 3.47. The second kappa shape index (κ2) is 5.38. The summed E-state index contributed by atoms with van der Waals surface area (Å²) in [5.74, 6) is -1.02. The van der Waals surface area contributed by atoms with Crippen molar-refractivity contribution < 1.29 is 29.1 Å². The van der Waals surface area contributed by atoms with Gasteiger partial charge in [-0.3, -0.25) is 4.90 Å². The summed E-state index contributed by atoms with van der Waals surface area (Å²) < 4.78 is 10.7. The van der Waals surface area contributed by atoms with Crippen LogP contribution in [0.5, 0.6) is 5.88 Å². The lowest BCUT2D eigenvalue weighted by atomic mass is 10.2. The number of carbonyl (C=O) groups is 2. The monoisotopic (exact) mass is 326 g/mol. The zero-order valence-corrected chi connectivity index (χ0v) is 11.9. The van der Waals surface area contributed by atoms with Gasteiger partial charge in [0.25, 0.3) is 5.88 Å². The maximum atomic E-state index is 11.1. The van der Waals surface area contributed by atoms with E-state index in [0.717, 1.165) is 4.90 Å². The first kappa shape index (κ1) is 14.5. The second-order valence-corrected chi connectivity index (χ2v) is 5.33. The lowest BCUT2D eigenvalue weighted by molar-refractivity contribution is -0.141. The van der Waals surface area contributed by atoms with Crippen molar-refractivity contribution in [3.05, 3.63) is 23.2 Å². The fourth-order valence-electron chi connectivity index (χ4n) is 2.46. The quantitative estimate of drug-likeness (QED) is 0.887. The summed E-state index contributed by atoms with van der Waals surface area (Å²) in [5, 5.41) is 23.0. The Labute approximate surface area is 128 Å². The van der Waals surface area contributed by atoms with Crippen LogP contribution >= 0.6 is 11.6 Å². The van der Waals surface area contributed by atoms with E-state index in [1.54, 1.807) is 18.2 Å². The number of hydrogen-bond acceptors (Lipinski definition) is 5. The number of carboxylic acid groups (broad SMARTS) is 2. The Balaban J connectivity index is 1.81. The van der Waals surface area contributed by atoms with Gasteiger partial charge in [-0.2, -0.15) is 0 Å². The fraction of sp³-hybridized carbons (Fsp3) is 0.308. The molecule has 0 radical (unpaired) electrons. The molecule has 2 heterocycles. The van der Waals surface area contributed by atoms with Gasteiger partial charge in [0.15, 0.2) is 5.58 Å². The van der Waals surface area contributed by atoms with Gasteiger partial charge in [0, 0.05) is 17.5 Å². The molecule has 3 rings (SSSR count). The Morgan fingerprint density at radius 3 is 2.82 bits per heavy atom. The number of rotatable bonds is 3. The largest absolute Gasteiger partial charge is 0.480 e. The highest BCUT2D eigenvalue weighted by molar-refractivity contribution is 6.31. The first-order valence-corrected chi connectivity index (χ1v) is 6.77. The molecule has 0 bridgehead atoms. The molecule has 0 aliphatic carbocycles.